The zero-order valence-electron chi connectivity index (χ0n) is 10.00. The summed E-state index contributed by atoms with van der Waals surface area (Å²) in [4.78, 5) is 12.2. The lowest BCUT2D eigenvalue weighted by molar-refractivity contribution is 0.106. The predicted molar refractivity (Wildman–Crippen MR) is 70.3 cm³/mol. The van der Waals surface area contributed by atoms with E-state index in [9.17, 15) is 4.79 Å². The molecule has 2 rings (SSSR count). The number of carbonyl (C=O) groups is 1. The Morgan fingerprint density at radius 1 is 0.944 bits per heavy atom. The van der Waals surface area contributed by atoms with Crippen molar-refractivity contribution in [2.24, 2.45) is 5.16 Å². The standard InChI is InChI=1S/C15H13NO2/c1-11-7-9-13(10-8-11)15(17)14(16-18)12-5-3-2-4-6-12/h2-10,18H,1H3/b16-14+. The van der Waals surface area contributed by atoms with Gasteiger partial charge >= 0.3 is 0 Å². The number of benzene rings is 2. The molecule has 2 aromatic carbocycles. The van der Waals surface area contributed by atoms with Crippen molar-refractivity contribution in [3.63, 3.8) is 0 Å². The molecule has 0 radical (unpaired) electrons. The fourth-order valence-corrected chi connectivity index (χ4v) is 1.67. The van der Waals surface area contributed by atoms with Crippen molar-refractivity contribution in [3.8, 4) is 0 Å². The highest BCUT2D eigenvalue weighted by atomic mass is 16.4. The van der Waals surface area contributed by atoms with E-state index in [1.807, 2.05) is 25.1 Å². The van der Waals surface area contributed by atoms with E-state index >= 15 is 0 Å². The summed E-state index contributed by atoms with van der Waals surface area (Å²) in [6, 6.07) is 16.1. The molecule has 18 heavy (non-hydrogen) atoms. The molecular formula is C15H13NO2. The van der Waals surface area contributed by atoms with Gasteiger partial charge < -0.3 is 5.21 Å². The zero-order valence-corrected chi connectivity index (χ0v) is 10.00. The van der Waals surface area contributed by atoms with Crippen LogP contribution in [0.2, 0.25) is 0 Å². The molecule has 3 nitrogen and oxygen atoms in total. The van der Waals surface area contributed by atoms with Crippen LogP contribution in [0.5, 0.6) is 0 Å². The van der Waals surface area contributed by atoms with Crippen LogP contribution in [0, 0.1) is 6.92 Å². The van der Waals surface area contributed by atoms with Gasteiger partial charge in [-0.3, -0.25) is 4.79 Å². The molecule has 0 unspecified atom stereocenters. The summed E-state index contributed by atoms with van der Waals surface area (Å²) in [5.41, 5.74) is 2.25. The van der Waals surface area contributed by atoms with E-state index in [2.05, 4.69) is 5.16 Å². The van der Waals surface area contributed by atoms with Crippen molar-refractivity contribution < 1.29 is 10.0 Å². The Bertz CT molecular complexity index is 571. The first kappa shape index (κ1) is 12.0. The maximum atomic E-state index is 12.2. The van der Waals surface area contributed by atoms with Gasteiger partial charge in [-0.1, -0.05) is 65.3 Å². The molecule has 0 bridgehead atoms. The van der Waals surface area contributed by atoms with Crippen LogP contribution in [-0.2, 0) is 0 Å². The second-order valence-corrected chi connectivity index (χ2v) is 4.01. The summed E-state index contributed by atoms with van der Waals surface area (Å²) in [5.74, 6) is -0.288. The normalized spacial score (nSPS) is 11.3. The van der Waals surface area contributed by atoms with E-state index in [0.717, 1.165) is 5.56 Å². The number of hydrogen-bond acceptors (Lipinski definition) is 3. The number of rotatable bonds is 3. The Hall–Kier alpha value is -2.42. The lowest BCUT2D eigenvalue weighted by Gasteiger charge is -2.04. The van der Waals surface area contributed by atoms with Gasteiger partial charge in [0.05, 0.1) is 0 Å². The molecule has 0 saturated heterocycles. The fraction of sp³-hybridized carbons (Fsp3) is 0.0667. The van der Waals surface area contributed by atoms with Crippen LogP contribution >= 0.6 is 0 Å². The van der Waals surface area contributed by atoms with E-state index in [1.54, 1.807) is 36.4 Å². The first-order chi connectivity index (χ1) is 8.72. The van der Waals surface area contributed by atoms with E-state index in [0.29, 0.717) is 11.1 Å². The van der Waals surface area contributed by atoms with Crippen LogP contribution in [0.25, 0.3) is 0 Å². The second kappa shape index (κ2) is 5.27. The molecule has 0 spiro atoms. The zero-order chi connectivity index (χ0) is 13.0. The number of Topliss-reactive ketones (excluding diaryl/α,β-unsaturated/α-hetero) is 1. The van der Waals surface area contributed by atoms with Crippen molar-refractivity contribution in [1.82, 2.24) is 0 Å². The van der Waals surface area contributed by atoms with Gasteiger partial charge in [0, 0.05) is 11.1 Å². The fourth-order valence-electron chi connectivity index (χ4n) is 1.67. The first-order valence-corrected chi connectivity index (χ1v) is 5.61. The molecule has 0 aliphatic heterocycles. The van der Waals surface area contributed by atoms with Crippen molar-refractivity contribution >= 4 is 11.5 Å². The van der Waals surface area contributed by atoms with Crippen LogP contribution in [0.15, 0.2) is 59.8 Å². The van der Waals surface area contributed by atoms with Crippen LogP contribution in [0.4, 0.5) is 0 Å². The highest BCUT2D eigenvalue weighted by Crippen LogP contribution is 2.10. The highest BCUT2D eigenvalue weighted by molar-refractivity contribution is 6.51. The minimum Gasteiger partial charge on any atom is -0.410 e. The van der Waals surface area contributed by atoms with Gasteiger partial charge in [0.15, 0.2) is 5.71 Å². The SMILES string of the molecule is Cc1ccc(C(=O)/C(=N/O)c2ccccc2)cc1. The summed E-state index contributed by atoms with van der Waals surface area (Å²) in [6.45, 7) is 1.95. The maximum absolute atomic E-state index is 12.2. The largest absolute Gasteiger partial charge is 0.410 e. The topological polar surface area (TPSA) is 49.7 Å². The van der Waals surface area contributed by atoms with Crippen molar-refractivity contribution in [3.05, 3.63) is 71.3 Å². The average Bonchev–Trinajstić information content (AvgIpc) is 2.41. The smallest absolute Gasteiger partial charge is 0.215 e. The summed E-state index contributed by atoms with van der Waals surface area (Å²) in [6.07, 6.45) is 0. The molecule has 0 aliphatic carbocycles. The molecule has 1 N–H and O–H groups in total. The maximum Gasteiger partial charge on any atom is 0.215 e. The summed E-state index contributed by atoms with van der Waals surface area (Å²) >= 11 is 0. The number of hydrogen-bond donors (Lipinski definition) is 1. The van der Waals surface area contributed by atoms with Crippen LogP contribution in [-0.4, -0.2) is 16.7 Å². The Balaban J connectivity index is 2.35. The van der Waals surface area contributed by atoms with Gasteiger partial charge in [-0.05, 0) is 6.92 Å². The van der Waals surface area contributed by atoms with Crippen LogP contribution in [0.1, 0.15) is 21.5 Å². The van der Waals surface area contributed by atoms with Gasteiger partial charge in [-0.2, -0.15) is 0 Å². The predicted octanol–water partition coefficient (Wildman–Crippen LogP) is 3.06. The van der Waals surface area contributed by atoms with Crippen LogP contribution < -0.4 is 0 Å². The first-order valence-electron chi connectivity index (χ1n) is 5.61. The molecule has 3 heteroatoms. The van der Waals surface area contributed by atoms with Gasteiger partial charge in [0.25, 0.3) is 0 Å². The Kier molecular flexibility index (Phi) is 3.53. The van der Waals surface area contributed by atoms with Gasteiger partial charge in [0.1, 0.15) is 0 Å². The van der Waals surface area contributed by atoms with E-state index in [1.165, 1.54) is 0 Å². The molecule has 0 atom stereocenters. The molecule has 0 fully saturated rings. The molecule has 0 saturated carbocycles. The number of ketones is 1. The summed E-state index contributed by atoms with van der Waals surface area (Å²) < 4.78 is 0. The van der Waals surface area contributed by atoms with E-state index < -0.39 is 0 Å². The van der Waals surface area contributed by atoms with Gasteiger partial charge in [0.2, 0.25) is 5.78 Å². The van der Waals surface area contributed by atoms with Crippen LogP contribution in [0.3, 0.4) is 0 Å². The number of nitrogens with zero attached hydrogens (tertiary/aromatic N) is 1. The van der Waals surface area contributed by atoms with Gasteiger partial charge in [-0.15, -0.1) is 0 Å². The molecule has 90 valence electrons. The third-order valence-electron chi connectivity index (χ3n) is 2.68. The number of carbonyl (C=O) groups excluding carboxylic acids is 1. The number of oxime groups is 1. The molecular weight excluding hydrogens is 226 g/mol. The Morgan fingerprint density at radius 3 is 2.11 bits per heavy atom. The molecule has 0 amide bonds. The van der Waals surface area contributed by atoms with Crippen molar-refractivity contribution in [2.45, 2.75) is 6.92 Å². The molecule has 0 heterocycles. The quantitative estimate of drug-likeness (QED) is 0.387. The lowest BCUT2D eigenvalue weighted by Crippen LogP contribution is -2.15. The second-order valence-electron chi connectivity index (χ2n) is 4.01. The van der Waals surface area contributed by atoms with Crippen molar-refractivity contribution in [2.75, 3.05) is 0 Å². The summed E-state index contributed by atoms with van der Waals surface area (Å²) in [5, 5.41) is 12.2. The minimum atomic E-state index is -0.288. The average molecular weight is 239 g/mol. The third-order valence-corrected chi connectivity index (χ3v) is 2.68. The lowest BCUT2D eigenvalue weighted by atomic mass is 10.00. The third kappa shape index (κ3) is 2.46. The van der Waals surface area contributed by atoms with Gasteiger partial charge in [-0.25, -0.2) is 0 Å². The molecule has 2 aromatic rings. The van der Waals surface area contributed by atoms with E-state index in [-0.39, 0.29) is 11.5 Å². The minimum absolute atomic E-state index is 0.0550. The highest BCUT2D eigenvalue weighted by Gasteiger charge is 2.16. The Morgan fingerprint density at radius 2 is 1.56 bits per heavy atom. The van der Waals surface area contributed by atoms with E-state index in [4.69, 9.17) is 5.21 Å². The Labute approximate surface area is 105 Å². The van der Waals surface area contributed by atoms with Crippen molar-refractivity contribution in [1.29, 1.82) is 0 Å². The summed E-state index contributed by atoms with van der Waals surface area (Å²) in [7, 11) is 0. The molecule has 0 aliphatic rings. The molecule has 0 aromatic heterocycles. The number of aryl methyl sites for hydroxylation is 1. The monoisotopic (exact) mass is 239 g/mol.